The predicted molar refractivity (Wildman–Crippen MR) is 90.2 cm³/mol. The van der Waals surface area contributed by atoms with Crippen molar-refractivity contribution < 1.29 is 14.3 Å². The third-order valence-electron chi connectivity index (χ3n) is 4.97. The normalized spacial score (nSPS) is 22.8. The first-order chi connectivity index (χ1) is 11.5. The molecular weight excluding hydrogens is 304 g/mol. The van der Waals surface area contributed by atoms with E-state index in [-0.39, 0.29) is 17.9 Å². The molecule has 5 nitrogen and oxygen atoms in total. The Morgan fingerprint density at radius 2 is 2.25 bits per heavy atom. The quantitative estimate of drug-likeness (QED) is 0.850. The number of methoxy groups -OCH3 is 1. The minimum absolute atomic E-state index is 0.0313. The molecule has 0 saturated carbocycles. The lowest BCUT2D eigenvalue weighted by Gasteiger charge is -2.24. The van der Waals surface area contributed by atoms with Crippen molar-refractivity contribution in [3.63, 3.8) is 0 Å². The van der Waals surface area contributed by atoms with Crippen molar-refractivity contribution in [3.8, 4) is 11.8 Å². The van der Waals surface area contributed by atoms with E-state index in [2.05, 4.69) is 19.9 Å². The van der Waals surface area contributed by atoms with Crippen molar-refractivity contribution in [2.45, 2.75) is 51.7 Å². The highest BCUT2D eigenvalue weighted by Gasteiger charge is 2.42. The summed E-state index contributed by atoms with van der Waals surface area (Å²) in [5.41, 5.74) is 3.33. The van der Waals surface area contributed by atoms with Crippen LogP contribution in [0.15, 0.2) is 6.07 Å². The van der Waals surface area contributed by atoms with Gasteiger partial charge < -0.3 is 14.4 Å². The summed E-state index contributed by atoms with van der Waals surface area (Å²) in [5, 5.41) is 9.81. The van der Waals surface area contributed by atoms with Crippen LogP contribution in [-0.2, 0) is 4.74 Å². The van der Waals surface area contributed by atoms with Crippen molar-refractivity contribution in [2.24, 2.45) is 0 Å². The van der Waals surface area contributed by atoms with Gasteiger partial charge >= 0.3 is 0 Å². The second kappa shape index (κ2) is 6.45. The number of benzene rings is 1. The lowest BCUT2D eigenvalue weighted by atomic mass is 9.88. The molecule has 0 N–H and O–H groups in total. The molecule has 0 spiro atoms. The summed E-state index contributed by atoms with van der Waals surface area (Å²) in [6, 6.07) is 3.69. The molecule has 3 rings (SSSR count). The minimum Gasteiger partial charge on any atom is -0.496 e. The fourth-order valence-electron chi connectivity index (χ4n) is 3.91. The summed E-state index contributed by atoms with van der Waals surface area (Å²) in [6.07, 6.45) is 1.99. The molecule has 0 aromatic heterocycles. The van der Waals surface area contributed by atoms with E-state index in [0.29, 0.717) is 12.1 Å². The summed E-state index contributed by atoms with van der Waals surface area (Å²) in [5.74, 6) is 0.864. The summed E-state index contributed by atoms with van der Waals surface area (Å²) in [7, 11) is 1.63. The maximum absolute atomic E-state index is 13.0. The fourth-order valence-corrected chi connectivity index (χ4v) is 3.91. The highest BCUT2D eigenvalue weighted by Crippen LogP contribution is 2.44. The van der Waals surface area contributed by atoms with Crippen LogP contribution >= 0.6 is 0 Å². The molecule has 24 heavy (non-hydrogen) atoms. The number of ether oxygens (including phenoxy) is 2. The number of aryl methyl sites for hydroxylation is 1. The Balaban J connectivity index is 2.10. The summed E-state index contributed by atoms with van der Waals surface area (Å²) in [4.78, 5) is 14.7. The number of rotatable bonds is 4. The third kappa shape index (κ3) is 2.55. The molecule has 128 valence electrons. The highest BCUT2D eigenvalue weighted by atomic mass is 16.5. The van der Waals surface area contributed by atoms with Gasteiger partial charge in [-0.1, -0.05) is 13.8 Å². The Kier molecular flexibility index (Phi) is 4.51. The average molecular weight is 328 g/mol. The lowest BCUT2D eigenvalue weighted by molar-refractivity contribution is 0.0511. The van der Waals surface area contributed by atoms with E-state index in [1.165, 1.54) is 0 Å². The van der Waals surface area contributed by atoms with Gasteiger partial charge in [0.05, 0.1) is 19.3 Å². The van der Waals surface area contributed by atoms with Gasteiger partial charge in [-0.05, 0) is 37.3 Å². The molecule has 2 aliphatic rings. The number of hydrogen-bond donors (Lipinski definition) is 0. The van der Waals surface area contributed by atoms with E-state index in [1.807, 2.05) is 13.0 Å². The second-order valence-corrected chi connectivity index (χ2v) is 6.88. The number of amides is 1. The molecule has 1 fully saturated rings. The number of nitriles is 1. The van der Waals surface area contributed by atoms with Gasteiger partial charge in [-0.2, -0.15) is 5.26 Å². The van der Waals surface area contributed by atoms with Crippen LogP contribution in [-0.4, -0.2) is 37.2 Å². The van der Waals surface area contributed by atoms with E-state index in [4.69, 9.17) is 9.47 Å². The minimum atomic E-state index is -0.567. The molecule has 1 amide bonds. The fraction of sp³-hybridized carbons (Fsp3) is 0.579. The standard InChI is InChI=1S/C19H24N2O3/c1-11(2)16-15(23-4)8-12(3)17-18(16)14(9-20)21(19(17)22)10-13-6-5-7-24-13/h8,11,13-14H,5-7,10H2,1-4H3. The average Bonchev–Trinajstić information content (AvgIpc) is 3.14. The highest BCUT2D eigenvalue weighted by molar-refractivity contribution is 6.02. The van der Waals surface area contributed by atoms with E-state index >= 15 is 0 Å². The maximum Gasteiger partial charge on any atom is 0.255 e. The summed E-state index contributed by atoms with van der Waals surface area (Å²) in [6.45, 7) is 7.25. The Morgan fingerprint density at radius 1 is 1.50 bits per heavy atom. The number of carbonyl (C=O) groups excluding carboxylic acids is 1. The SMILES string of the molecule is COc1cc(C)c2c(c1C(C)C)C(C#N)N(CC1CCCO1)C2=O. The first-order valence-electron chi connectivity index (χ1n) is 8.53. The molecule has 2 atom stereocenters. The van der Waals surface area contributed by atoms with E-state index in [9.17, 15) is 10.1 Å². The van der Waals surface area contributed by atoms with Gasteiger partial charge in [-0.3, -0.25) is 4.79 Å². The molecule has 2 unspecified atom stereocenters. The van der Waals surface area contributed by atoms with Gasteiger partial charge in [-0.15, -0.1) is 0 Å². The summed E-state index contributed by atoms with van der Waals surface area (Å²) < 4.78 is 11.2. The van der Waals surface area contributed by atoms with Crippen LogP contribution < -0.4 is 4.74 Å². The first-order valence-corrected chi connectivity index (χ1v) is 8.53. The Labute approximate surface area is 143 Å². The number of hydrogen-bond acceptors (Lipinski definition) is 4. The maximum atomic E-state index is 13.0. The van der Waals surface area contributed by atoms with Crippen LogP contribution in [0, 0.1) is 18.3 Å². The molecule has 2 aliphatic heterocycles. The van der Waals surface area contributed by atoms with Gasteiger partial charge in [0.15, 0.2) is 0 Å². The van der Waals surface area contributed by atoms with Crippen molar-refractivity contribution in [1.29, 1.82) is 5.26 Å². The number of carbonyl (C=O) groups is 1. The molecule has 5 heteroatoms. The molecular formula is C19H24N2O3. The molecule has 2 heterocycles. The lowest BCUT2D eigenvalue weighted by Crippen LogP contribution is -2.35. The Morgan fingerprint density at radius 3 is 2.79 bits per heavy atom. The molecule has 0 radical (unpaired) electrons. The first kappa shape index (κ1) is 16.8. The zero-order valence-electron chi connectivity index (χ0n) is 14.8. The van der Waals surface area contributed by atoms with E-state index in [1.54, 1.807) is 12.0 Å². The smallest absolute Gasteiger partial charge is 0.255 e. The molecule has 0 bridgehead atoms. The van der Waals surface area contributed by atoms with Gasteiger partial charge in [0.1, 0.15) is 11.8 Å². The molecule has 1 saturated heterocycles. The third-order valence-corrected chi connectivity index (χ3v) is 4.97. The largest absolute Gasteiger partial charge is 0.496 e. The predicted octanol–water partition coefficient (Wildman–Crippen LogP) is 3.33. The topological polar surface area (TPSA) is 62.6 Å². The van der Waals surface area contributed by atoms with E-state index < -0.39 is 6.04 Å². The zero-order valence-corrected chi connectivity index (χ0v) is 14.8. The van der Waals surface area contributed by atoms with Gasteiger partial charge in [0.25, 0.3) is 5.91 Å². The Bertz CT molecular complexity index is 700. The van der Waals surface area contributed by atoms with Crippen LogP contribution in [0.2, 0.25) is 0 Å². The van der Waals surface area contributed by atoms with Crippen LogP contribution in [0.1, 0.15) is 65.7 Å². The van der Waals surface area contributed by atoms with Crippen LogP contribution in [0.4, 0.5) is 0 Å². The van der Waals surface area contributed by atoms with Crippen LogP contribution in [0.25, 0.3) is 0 Å². The Hall–Kier alpha value is -2.06. The van der Waals surface area contributed by atoms with Crippen molar-refractivity contribution >= 4 is 5.91 Å². The van der Waals surface area contributed by atoms with E-state index in [0.717, 1.165) is 41.9 Å². The second-order valence-electron chi connectivity index (χ2n) is 6.88. The zero-order chi connectivity index (χ0) is 17.4. The van der Waals surface area contributed by atoms with Crippen molar-refractivity contribution in [1.82, 2.24) is 4.90 Å². The van der Waals surface area contributed by atoms with Crippen molar-refractivity contribution in [3.05, 3.63) is 28.3 Å². The van der Waals surface area contributed by atoms with Gasteiger partial charge in [-0.25, -0.2) is 0 Å². The van der Waals surface area contributed by atoms with Crippen LogP contribution in [0.5, 0.6) is 5.75 Å². The van der Waals surface area contributed by atoms with Gasteiger partial charge in [0, 0.05) is 29.8 Å². The summed E-state index contributed by atoms with van der Waals surface area (Å²) >= 11 is 0. The number of fused-ring (bicyclic) bond motifs is 1. The molecule has 1 aromatic rings. The molecule has 0 aliphatic carbocycles. The van der Waals surface area contributed by atoms with Crippen molar-refractivity contribution in [2.75, 3.05) is 20.3 Å². The van der Waals surface area contributed by atoms with Crippen LogP contribution in [0.3, 0.4) is 0 Å². The molecule has 1 aromatic carbocycles. The number of nitrogens with zero attached hydrogens (tertiary/aromatic N) is 2. The van der Waals surface area contributed by atoms with Gasteiger partial charge in [0.2, 0.25) is 0 Å². The monoisotopic (exact) mass is 328 g/mol.